The summed E-state index contributed by atoms with van der Waals surface area (Å²) < 4.78 is 55.3. The molecular formula is C17H23F2N3O3S. The lowest BCUT2D eigenvalue weighted by Crippen LogP contribution is -2.50. The largest absolute Gasteiger partial charge is 0.323 e. The molecule has 1 heterocycles. The van der Waals surface area contributed by atoms with E-state index >= 15 is 0 Å². The molecule has 144 valence electrons. The fourth-order valence-electron chi connectivity index (χ4n) is 3.55. The van der Waals surface area contributed by atoms with Gasteiger partial charge in [0.25, 0.3) is 0 Å². The van der Waals surface area contributed by atoms with Gasteiger partial charge in [0.05, 0.1) is 5.25 Å². The molecule has 1 unspecified atom stereocenters. The molecule has 0 radical (unpaired) electrons. The standard InChI is InChI=1S/C17H23F2N3O3S/c18-14-8-3-9-15(19)16(14)20-17(23)22-10-4-7-13(11-22)26(24,25)21-12-5-1-2-6-12/h3,8-9,12-13,21H,1-2,4-7,10-11H2,(H,20,23). The molecule has 26 heavy (non-hydrogen) atoms. The van der Waals surface area contributed by atoms with E-state index in [0.29, 0.717) is 19.4 Å². The number of carbonyl (C=O) groups excluding carboxylic acids is 1. The lowest BCUT2D eigenvalue weighted by atomic mass is 10.1. The number of nitrogens with one attached hydrogen (secondary N) is 2. The van der Waals surface area contributed by atoms with Crippen LogP contribution < -0.4 is 10.0 Å². The maximum atomic E-state index is 13.7. The van der Waals surface area contributed by atoms with E-state index < -0.39 is 38.6 Å². The van der Waals surface area contributed by atoms with E-state index in [1.807, 2.05) is 0 Å². The molecule has 2 amide bonds. The minimum Gasteiger partial charge on any atom is -0.323 e. The predicted octanol–water partition coefficient (Wildman–Crippen LogP) is 2.82. The summed E-state index contributed by atoms with van der Waals surface area (Å²) in [5.41, 5.74) is -0.522. The van der Waals surface area contributed by atoms with Crippen molar-refractivity contribution in [1.29, 1.82) is 0 Å². The van der Waals surface area contributed by atoms with Gasteiger partial charge in [0.2, 0.25) is 10.0 Å². The summed E-state index contributed by atoms with van der Waals surface area (Å²) in [5, 5.41) is 1.50. The Balaban J connectivity index is 1.65. The van der Waals surface area contributed by atoms with Gasteiger partial charge in [0.1, 0.15) is 17.3 Å². The topological polar surface area (TPSA) is 78.5 Å². The average Bonchev–Trinajstić information content (AvgIpc) is 3.10. The number of likely N-dealkylation sites (tertiary alicyclic amines) is 1. The van der Waals surface area contributed by atoms with Gasteiger partial charge in [-0.15, -0.1) is 0 Å². The summed E-state index contributed by atoms with van der Waals surface area (Å²) in [5.74, 6) is -1.75. The van der Waals surface area contributed by atoms with Crippen LogP contribution in [-0.4, -0.2) is 43.7 Å². The molecule has 1 atom stereocenters. The Labute approximate surface area is 152 Å². The predicted molar refractivity (Wildman–Crippen MR) is 94.3 cm³/mol. The third-order valence-electron chi connectivity index (χ3n) is 4.98. The number of para-hydroxylation sites is 1. The van der Waals surface area contributed by atoms with Gasteiger partial charge in [-0.3, -0.25) is 0 Å². The van der Waals surface area contributed by atoms with Crippen LogP contribution >= 0.6 is 0 Å². The van der Waals surface area contributed by atoms with Gasteiger partial charge < -0.3 is 10.2 Å². The van der Waals surface area contributed by atoms with E-state index in [0.717, 1.165) is 37.8 Å². The Morgan fingerprint density at radius 2 is 1.73 bits per heavy atom. The molecule has 1 saturated heterocycles. The van der Waals surface area contributed by atoms with Crippen molar-refractivity contribution in [2.45, 2.75) is 49.8 Å². The summed E-state index contributed by atoms with van der Waals surface area (Å²) in [6.07, 6.45) is 4.68. The van der Waals surface area contributed by atoms with Crippen LogP contribution in [-0.2, 0) is 10.0 Å². The molecule has 9 heteroatoms. The second-order valence-electron chi connectivity index (χ2n) is 6.88. The molecular weight excluding hydrogens is 364 g/mol. The first-order valence-electron chi connectivity index (χ1n) is 8.88. The van der Waals surface area contributed by atoms with Crippen molar-refractivity contribution in [3.8, 4) is 0 Å². The number of piperidine rings is 1. The molecule has 2 aliphatic rings. The molecule has 0 aromatic heterocycles. The first-order valence-corrected chi connectivity index (χ1v) is 10.4. The van der Waals surface area contributed by atoms with Crippen LogP contribution in [0.15, 0.2) is 18.2 Å². The SMILES string of the molecule is O=C(Nc1c(F)cccc1F)N1CCCC(S(=O)(=O)NC2CCCC2)C1. The van der Waals surface area contributed by atoms with Gasteiger partial charge in [-0.1, -0.05) is 18.9 Å². The fraction of sp³-hybridized carbons (Fsp3) is 0.588. The van der Waals surface area contributed by atoms with Gasteiger partial charge in [0.15, 0.2) is 0 Å². The number of rotatable bonds is 4. The van der Waals surface area contributed by atoms with E-state index in [2.05, 4.69) is 10.0 Å². The van der Waals surface area contributed by atoms with Crippen LogP contribution in [0, 0.1) is 11.6 Å². The van der Waals surface area contributed by atoms with Crippen molar-refractivity contribution in [3.05, 3.63) is 29.8 Å². The van der Waals surface area contributed by atoms with E-state index in [1.165, 1.54) is 11.0 Å². The number of benzene rings is 1. The quantitative estimate of drug-likeness (QED) is 0.834. The molecule has 3 rings (SSSR count). The third-order valence-corrected chi connectivity index (χ3v) is 6.91. The molecule has 1 aliphatic carbocycles. The molecule has 0 spiro atoms. The molecule has 1 aromatic carbocycles. The van der Waals surface area contributed by atoms with Gasteiger partial charge in [-0.25, -0.2) is 26.7 Å². The average molecular weight is 387 g/mol. The zero-order valence-corrected chi connectivity index (χ0v) is 15.2. The van der Waals surface area contributed by atoms with Crippen LogP contribution in [0.3, 0.4) is 0 Å². The number of nitrogens with zero attached hydrogens (tertiary/aromatic N) is 1. The maximum Gasteiger partial charge on any atom is 0.322 e. The van der Waals surface area contributed by atoms with Gasteiger partial charge >= 0.3 is 6.03 Å². The lowest BCUT2D eigenvalue weighted by Gasteiger charge is -2.33. The van der Waals surface area contributed by atoms with E-state index in [-0.39, 0.29) is 12.6 Å². The summed E-state index contributed by atoms with van der Waals surface area (Å²) in [6, 6.07) is 2.58. The van der Waals surface area contributed by atoms with Crippen molar-refractivity contribution in [1.82, 2.24) is 9.62 Å². The second-order valence-corrected chi connectivity index (χ2v) is 8.87. The van der Waals surface area contributed by atoms with Crippen molar-refractivity contribution in [2.75, 3.05) is 18.4 Å². The number of urea groups is 1. The highest BCUT2D eigenvalue weighted by Gasteiger charge is 2.34. The maximum absolute atomic E-state index is 13.7. The van der Waals surface area contributed by atoms with E-state index in [1.54, 1.807) is 0 Å². The zero-order valence-electron chi connectivity index (χ0n) is 14.4. The summed E-state index contributed by atoms with van der Waals surface area (Å²) >= 11 is 0. The highest BCUT2D eigenvalue weighted by atomic mass is 32.2. The molecule has 2 fully saturated rings. The van der Waals surface area contributed by atoms with Gasteiger partial charge in [-0.05, 0) is 37.8 Å². The zero-order chi connectivity index (χ0) is 18.7. The Morgan fingerprint density at radius 1 is 1.08 bits per heavy atom. The molecule has 1 aromatic rings. The number of hydrogen-bond donors (Lipinski definition) is 2. The van der Waals surface area contributed by atoms with Crippen LogP contribution in [0.2, 0.25) is 0 Å². The Morgan fingerprint density at radius 3 is 2.38 bits per heavy atom. The summed E-state index contributed by atoms with van der Waals surface area (Å²) in [4.78, 5) is 13.7. The molecule has 1 aliphatic heterocycles. The van der Waals surface area contributed by atoms with Crippen molar-refractivity contribution in [2.24, 2.45) is 0 Å². The number of anilines is 1. The van der Waals surface area contributed by atoms with E-state index in [4.69, 9.17) is 0 Å². The molecule has 0 bridgehead atoms. The fourth-order valence-corrected chi connectivity index (χ4v) is 5.30. The van der Waals surface area contributed by atoms with Crippen LogP contribution in [0.4, 0.5) is 19.3 Å². The van der Waals surface area contributed by atoms with Crippen molar-refractivity contribution < 1.29 is 22.0 Å². The number of carbonyl (C=O) groups is 1. The van der Waals surface area contributed by atoms with E-state index in [9.17, 15) is 22.0 Å². The smallest absolute Gasteiger partial charge is 0.322 e. The normalized spacial score (nSPS) is 21.8. The van der Waals surface area contributed by atoms with Gasteiger partial charge in [-0.2, -0.15) is 0 Å². The highest BCUT2D eigenvalue weighted by Crippen LogP contribution is 2.23. The highest BCUT2D eigenvalue weighted by molar-refractivity contribution is 7.90. The number of hydrogen-bond acceptors (Lipinski definition) is 3. The molecule has 6 nitrogen and oxygen atoms in total. The first-order chi connectivity index (χ1) is 12.4. The third kappa shape index (κ3) is 4.32. The van der Waals surface area contributed by atoms with Crippen LogP contribution in [0.5, 0.6) is 0 Å². The number of halogens is 2. The Hall–Kier alpha value is -1.74. The second kappa shape index (κ2) is 7.87. The van der Waals surface area contributed by atoms with Crippen molar-refractivity contribution in [3.63, 3.8) is 0 Å². The summed E-state index contributed by atoms with van der Waals surface area (Å²) in [6.45, 7) is 0.349. The summed E-state index contributed by atoms with van der Waals surface area (Å²) in [7, 11) is -3.54. The van der Waals surface area contributed by atoms with Gasteiger partial charge in [0, 0.05) is 19.1 Å². The molecule has 2 N–H and O–H groups in total. The minimum absolute atomic E-state index is 0.00393. The number of sulfonamides is 1. The first kappa shape index (κ1) is 19.0. The van der Waals surface area contributed by atoms with Crippen LogP contribution in [0.1, 0.15) is 38.5 Å². The number of amides is 2. The van der Waals surface area contributed by atoms with Crippen LogP contribution in [0.25, 0.3) is 0 Å². The van der Waals surface area contributed by atoms with Crippen molar-refractivity contribution >= 4 is 21.7 Å². The lowest BCUT2D eigenvalue weighted by molar-refractivity contribution is 0.200. The molecule has 1 saturated carbocycles. The monoisotopic (exact) mass is 387 g/mol. The Kier molecular flexibility index (Phi) is 5.76. The minimum atomic E-state index is -3.54. The Bertz CT molecular complexity index is 746.